The Morgan fingerprint density at radius 1 is 1.19 bits per heavy atom. The van der Waals surface area contributed by atoms with Crippen LogP contribution in [-0.2, 0) is 22.5 Å². The minimum absolute atomic E-state index is 0.117. The van der Waals surface area contributed by atoms with Crippen molar-refractivity contribution in [2.75, 3.05) is 25.9 Å². The number of hydrogen-bond donors (Lipinski definition) is 0. The highest BCUT2D eigenvalue weighted by Gasteiger charge is 2.34. The SMILES string of the molecule is CSc1nc2c(F)c(-c3csc4ccccc34)c(CCC#N)cc2c2c1cc(CN1CCCC1=O)n2C1CCN(C(=O)OC(C)(C)C)C1. The molecule has 11 heteroatoms. The molecule has 2 saturated heterocycles. The molecule has 0 bridgehead atoms. The molecule has 48 heavy (non-hydrogen) atoms. The van der Waals surface area contributed by atoms with Gasteiger partial charge in [-0.3, -0.25) is 4.79 Å². The predicted molar refractivity (Wildman–Crippen MR) is 190 cm³/mol. The second kappa shape index (κ2) is 12.7. The molecule has 0 saturated carbocycles. The number of thiophene rings is 1. The van der Waals surface area contributed by atoms with E-state index in [0.29, 0.717) is 61.4 Å². The fourth-order valence-corrected chi connectivity index (χ4v) is 8.73. The molecule has 0 radical (unpaired) electrons. The smallest absolute Gasteiger partial charge is 0.410 e. The number of thioether (sulfide) groups is 1. The Kier molecular flexibility index (Phi) is 8.58. The number of carbonyl (C=O) groups is 2. The summed E-state index contributed by atoms with van der Waals surface area (Å²) in [7, 11) is 0. The number of pyridine rings is 1. The number of nitrogens with zero attached hydrogens (tertiary/aromatic N) is 5. The molecule has 3 aromatic heterocycles. The summed E-state index contributed by atoms with van der Waals surface area (Å²) in [5.74, 6) is -0.272. The topological polar surface area (TPSA) is 91.5 Å². The maximum Gasteiger partial charge on any atom is 0.410 e. The molecule has 0 aliphatic carbocycles. The van der Waals surface area contributed by atoms with Gasteiger partial charge in [0.25, 0.3) is 0 Å². The Morgan fingerprint density at radius 3 is 2.73 bits per heavy atom. The van der Waals surface area contributed by atoms with Crippen LogP contribution in [0.5, 0.6) is 0 Å². The summed E-state index contributed by atoms with van der Waals surface area (Å²) in [6.45, 7) is 7.65. The zero-order valence-electron chi connectivity index (χ0n) is 27.6. The molecule has 2 aliphatic rings. The number of fused-ring (bicyclic) bond motifs is 4. The summed E-state index contributed by atoms with van der Waals surface area (Å²) in [6, 6.07) is 14.2. The Morgan fingerprint density at radius 2 is 2.00 bits per heavy atom. The Hall–Kier alpha value is -4.14. The lowest BCUT2D eigenvalue weighted by Gasteiger charge is -2.25. The first-order valence-corrected chi connectivity index (χ1v) is 18.5. The number of ether oxygens (including phenoxy) is 1. The summed E-state index contributed by atoms with van der Waals surface area (Å²) in [4.78, 5) is 34.5. The van der Waals surface area contributed by atoms with Crippen molar-refractivity contribution in [3.8, 4) is 17.2 Å². The predicted octanol–water partition coefficient (Wildman–Crippen LogP) is 8.69. The number of hydrogen-bond acceptors (Lipinski definition) is 7. The van der Waals surface area contributed by atoms with Gasteiger partial charge in [0.2, 0.25) is 5.91 Å². The summed E-state index contributed by atoms with van der Waals surface area (Å²) in [5, 5.41) is 14.8. The van der Waals surface area contributed by atoms with Gasteiger partial charge in [0.15, 0.2) is 5.82 Å². The fourth-order valence-electron chi connectivity index (χ4n) is 7.22. The van der Waals surface area contributed by atoms with Gasteiger partial charge < -0.3 is 19.1 Å². The quantitative estimate of drug-likeness (QED) is 0.160. The number of benzene rings is 2. The van der Waals surface area contributed by atoms with Gasteiger partial charge in [-0.1, -0.05) is 18.2 Å². The first kappa shape index (κ1) is 32.4. The van der Waals surface area contributed by atoms with Gasteiger partial charge in [0, 0.05) is 70.2 Å². The summed E-state index contributed by atoms with van der Waals surface area (Å²) < 4.78 is 26.3. The molecule has 5 aromatic rings. The highest BCUT2D eigenvalue weighted by Crippen LogP contribution is 2.44. The van der Waals surface area contributed by atoms with E-state index in [9.17, 15) is 14.9 Å². The standard InChI is InChI=1S/C37H38FN5O3S2/c1-37(2,3)46-36(45)42-16-13-23(19-42)43-24(20-41-15-8-12-30(41)44)18-27-34(43)26-17-22(9-7-14-39)31(32(38)33(26)40-35(27)47-4)28-21-48-29-11-6-5-10-25(28)29/h5-6,10-11,17-18,21,23H,7-9,12-13,15-16,19-20H2,1-4H3. The van der Waals surface area contributed by atoms with E-state index in [0.717, 1.165) is 44.2 Å². The van der Waals surface area contributed by atoms with Crippen LogP contribution in [0.3, 0.4) is 0 Å². The number of carbonyl (C=O) groups excluding carboxylic acids is 2. The number of amides is 2. The van der Waals surface area contributed by atoms with Crippen molar-refractivity contribution in [3.63, 3.8) is 0 Å². The van der Waals surface area contributed by atoms with E-state index in [4.69, 9.17) is 9.72 Å². The number of rotatable bonds is 7. The lowest BCUT2D eigenvalue weighted by atomic mass is 9.93. The third kappa shape index (κ3) is 5.79. The maximum atomic E-state index is 17.2. The maximum absolute atomic E-state index is 17.2. The molecule has 1 atom stereocenters. The zero-order valence-corrected chi connectivity index (χ0v) is 29.3. The van der Waals surface area contributed by atoms with Crippen LogP contribution < -0.4 is 0 Å². The van der Waals surface area contributed by atoms with Crippen molar-refractivity contribution in [2.45, 2.75) is 76.1 Å². The number of aryl methyl sites for hydroxylation is 1. The van der Waals surface area contributed by atoms with Crippen LogP contribution in [0.1, 0.15) is 63.8 Å². The van der Waals surface area contributed by atoms with Crippen LogP contribution >= 0.6 is 23.1 Å². The van der Waals surface area contributed by atoms with E-state index in [1.807, 2.05) is 67.6 Å². The Bertz CT molecular complexity index is 2130. The van der Waals surface area contributed by atoms with Gasteiger partial charge in [-0.15, -0.1) is 23.1 Å². The van der Waals surface area contributed by atoms with E-state index in [1.54, 1.807) is 16.2 Å². The van der Waals surface area contributed by atoms with Crippen LogP contribution in [-0.4, -0.2) is 62.8 Å². The molecule has 7 rings (SSSR count). The van der Waals surface area contributed by atoms with E-state index >= 15 is 4.39 Å². The zero-order chi connectivity index (χ0) is 33.7. The molecule has 248 valence electrons. The number of likely N-dealkylation sites (tertiary alicyclic amines) is 2. The van der Waals surface area contributed by atoms with Gasteiger partial charge >= 0.3 is 6.09 Å². The van der Waals surface area contributed by atoms with Gasteiger partial charge in [-0.05, 0) is 75.4 Å². The largest absolute Gasteiger partial charge is 0.444 e. The summed E-state index contributed by atoms with van der Waals surface area (Å²) >= 11 is 3.04. The molecule has 2 aliphatic heterocycles. The third-order valence-electron chi connectivity index (χ3n) is 9.29. The molecule has 2 amide bonds. The van der Waals surface area contributed by atoms with Crippen LogP contribution in [0.25, 0.3) is 43.0 Å². The van der Waals surface area contributed by atoms with E-state index in [-0.39, 0.29) is 30.0 Å². The van der Waals surface area contributed by atoms with Crippen LogP contribution in [0.2, 0.25) is 0 Å². The average Bonchev–Trinajstić information content (AvgIpc) is 3.85. The van der Waals surface area contributed by atoms with Crippen molar-refractivity contribution < 1.29 is 18.7 Å². The van der Waals surface area contributed by atoms with E-state index in [1.165, 1.54) is 11.8 Å². The average molecular weight is 684 g/mol. The molecule has 8 nitrogen and oxygen atoms in total. The van der Waals surface area contributed by atoms with E-state index in [2.05, 4.69) is 16.7 Å². The van der Waals surface area contributed by atoms with Gasteiger partial charge in [0.05, 0.1) is 24.2 Å². The molecule has 2 fully saturated rings. The third-order valence-corrected chi connectivity index (χ3v) is 11.0. The highest BCUT2D eigenvalue weighted by atomic mass is 32.2. The van der Waals surface area contributed by atoms with Crippen molar-refractivity contribution in [3.05, 3.63) is 58.9 Å². The first-order valence-electron chi connectivity index (χ1n) is 16.4. The van der Waals surface area contributed by atoms with Gasteiger partial charge in [-0.2, -0.15) is 5.26 Å². The lowest BCUT2D eigenvalue weighted by Crippen LogP contribution is -2.35. The second-order valence-corrected chi connectivity index (χ2v) is 15.3. The minimum Gasteiger partial charge on any atom is -0.444 e. The molecular weight excluding hydrogens is 646 g/mol. The molecular formula is C37H38FN5O3S2. The van der Waals surface area contributed by atoms with Crippen molar-refractivity contribution in [2.24, 2.45) is 0 Å². The van der Waals surface area contributed by atoms with Crippen molar-refractivity contribution in [1.29, 1.82) is 5.26 Å². The second-order valence-electron chi connectivity index (χ2n) is 13.6. The van der Waals surface area contributed by atoms with Crippen molar-refractivity contribution >= 4 is 67.0 Å². The van der Waals surface area contributed by atoms with Gasteiger partial charge in [-0.25, -0.2) is 14.2 Å². The number of aromatic nitrogens is 2. The molecule has 1 unspecified atom stereocenters. The summed E-state index contributed by atoms with van der Waals surface area (Å²) in [5.41, 5.74) is 3.51. The number of halogens is 1. The fraction of sp³-hybridized carbons (Fsp3) is 0.405. The van der Waals surface area contributed by atoms with Crippen LogP contribution in [0.4, 0.5) is 9.18 Å². The highest BCUT2D eigenvalue weighted by molar-refractivity contribution is 7.98. The summed E-state index contributed by atoms with van der Waals surface area (Å²) in [6.07, 6.45) is 4.27. The lowest BCUT2D eigenvalue weighted by molar-refractivity contribution is -0.128. The molecule has 0 spiro atoms. The Labute approximate surface area is 287 Å². The molecule has 0 N–H and O–H groups in total. The van der Waals surface area contributed by atoms with Crippen LogP contribution in [0.15, 0.2) is 46.8 Å². The molecule has 2 aromatic carbocycles. The van der Waals surface area contributed by atoms with Crippen LogP contribution in [0, 0.1) is 17.1 Å². The normalized spacial score (nSPS) is 16.9. The Balaban J connectivity index is 1.47. The minimum atomic E-state index is -0.617. The van der Waals surface area contributed by atoms with Gasteiger partial charge in [0.1, 0.15) is 16.1 Å². The number of nitriles is 1. The van der Waals surface area contributed by atoms with Crippen molar-refractivity contribution in [1.82, 2.24) is 19.4 Å². The monoisotopic (exact) mass is 683 g/mol. The molecule has 5 heterocycles. The first-order chi connectivity index (χ1) is 23.1. The van der Waals surface area contributed by atoms with E-state index < -0.39 is 11.4 Å².